The number of anilines is 1. The normalized spacial score (nSPS) is 14.4. The molecular weight excluding hydrogens is 324 g/mol. The molecule has 8 heteroatoms. The third kappa shape index (κ3) is 5.38. The average Bonchev–Trinajstić information content (AvgIpc) is 2.52. The fourth-order valence-electron chi connectivity index (χ4n) is 3.06. The molecular formula is C17H26N4O4. The van der Waals surface area contributed by atoms with Crippen LogP contribution in [0.25, 0.3) is 0 Å². The van der Waals surface area contributed by atoms with Crippen molar-refractivity contribution >= 4 is 17.8 Å². The zero-order valence-electron chi connectivity index (χ0n) is 14.9. The molecule has 1 aliphatic rings. The first kappa shape index (κ1) is 19.1. The number of fused-ring (bicyclic) bond motifs is 1. The van der Waals surface area contributed by atoms with Crippen molar-refractivity contribution in [1.29, 1.82) is 0 Å². The van der Waals surface area contributed by atoms with Gasteiger partial charge < -0.3 is 15.1 Å². The van der Waals surface area contributed by atoms with Gasteiger partial charge in [-0.2, -0.15) is 0 Å². The Balaban J connectivity index is 2.20. The van der Waals surface area contributed by atoms with Crippen molar-refractivity contribution < 1.29 is 19.8 Å². The van der Waals surface area contributed by atoms with E-state index in [1.54, 1.807) is 0 Å². The lowest BCUT2D eigenvalue weighted by Gasteiger charge is -2.35. The number of carbonyl (C=O) groups is 2. The summed E-state index contributed by atoms with van der Waals surface area (Å²) in [6.07, 6.45) is 4.08. The van der Waals surface area contributed by atoms with E-state index in [0.29, 0.717) is 19.0 Å². The third-order valence-corrected chi connectivity index (χ3v) is 4.21. The molecule has 25 heavy (non-hydrogen) atoms. The SMILES string of the molecule is CCCCCCN1Cc2nc(CC(=O)O)c(CC(=O)O)nc2N(C)C1. The number of nitrogens with zero attached hydrogens (tertiary/aromatic N) is 4. The van der Waals surface area contributed by atoms with E-state index < -0.39 is 11.9 Å². The number of rotatable bonds is 9. The highest BCUT2D eigenvalue weighted by Crippen LogP contribution is 2.25. The summed E-state index contributed by atoms with van der Waals surface area (Å²) in [5.74, 6) is -1.44. The molecule has 2 heterocycles. The first-order chi connectivity index (χ1) is 11.9. The highest BCUT2D eigenvalue weighted by atomic mass is 16.4. The van der Waals surface area contributed by atoms with Crippen LogP contribution in [-0.2, 0) is 29.0 Å². The monoisotopic (exact) mass is 350 g/mol. The summed E-state index contributed by atoms with van der Waals surface area (Å²) in [6, 6.07) is 0. The third-order valence-electron chi connectivity index (χ3n) is 4.21. The van der Waals surface area contributed by atoms with Gasteiger partial charge in [-0.25, -0.2) is 4.98 Å². The molecule has 0 bridgehead atoms. The Morgan fingerprint density at radius 3 is 2.28 bits per heavy atom. The zero-order valence-corrected chi connectivity index (χ0v) is 14.9. The lowest BCUT2D eigenvalue weighted by molar-refractivity contribution is -0.137. The first-order valence-electron chi connectivity index (χ1n) is 8.66. The number of unbranched alkanes of at least 4 members (excludes halogenated alkanes) is 3. The summed E-state index contributed by atoms with van der Waals surface area (Å²) in [6.45, 7) is 4.45. The molecule has 138 valence electrons. The van der Waals surface area contributed by atoms with E-state index in [1.807, 2.05) is 11.9 Å². The number of aliphatic carboxylic acids is 2. The second-order valence-electron chi connectivity index (χ2n) is 6.48. The standard InChI is InChI=1S/C17H26N4O4/c1-3-4-5-6-7-21-10-14-17(20(2)11-21)19-13(9-16(24)25)12(18-14)8-15(22)23/h3-11H2,1-2H3,(H,22,23)(H,24,25). The molecule has 0 amide bonds. The minimum atomic E-state index is -1.04. The second-order valence-corrected chi connectivity index (χ2v) is 6.48. The molecule has 0 saturated heterocycles. The largest absolute Gasteiger partial charge is 0.481 e. The molecule has 1 aromatic heterocycles. The van der Waals surface area contributed by atoms with Gasteiger partial charge in [0.25, 0.3) is 0 Å². The number of hydrogen-bond acceptors (Lipinski definition) is 6. The van der Waals surface area contributed by atoms with E-state index in [1.165, 1.54) is 19.3 Å². The summed E-state index contributed by atoms with van der Waals surface area (Å²) in [4.78, 5) is 35.2. The minimum absolute atomic E-state index is 0.233. The van der Waals surface area contributed by atoms with E-state index in [2.05, 4.69) is 21.8 Å². The van der Waals surface area contributed by atoms with Crippen LogP contribution < -0.4 is 4.90 Å². The van der Waals surface area contributed by atoms with Gasteiger partial charge in [0, 0.05) is 20.1 Å². The Kier molecular flexibility index (Phi) is 6.69. The summed E-state index contributed by atoms with van der Waals surface area (Å²) in [5.41, 5.74) is 1.20. The van der Waals surface area contributed by atoms with E-state index >= 15 is 0 Å². The lowest BCUT2D eigenvalue weighted by atomic mass is 10.1. The number of carboxylic acids is 2. The van der Waals surface area contributed by atoms with E-state index in [-0.39, 0.29) is 24.2 Å². The van der Waals surface area contributed by atoms with Gasteiger partial charge in [0.05, 0.1) is 36.6 Å². The molecule has 2 N–H and O–H groups in total. The van der Waals surface area contributed by atoms with Crippen molar-refractivity contribution in [3.05, 3.63) is 17.1 Å². The van der Waals surface area contributed by atoms with Gasteiger partial charge in [-0.15, -0.1) is 0 Å². The van der Waals surface area contributed by atoms with Crippen LogP contribution >= 0.6 is 0 Å². The van der Waals surface area contributed by atoms with E-state index in [9.17, 15) is 9.59 Å². The molecule has 8 nitrogen and oxygen atoms in total. The summed E-state index contributed by atoms with van der Waals surface area (Å²) in [5, 5.41) is 18.1. The number of hydrogen-bond donors (Lipinski definition) is 2. The molecule has 0 fully saturated rings. The molecule has 1 aromatic rings. The number of carboxylic acid groups (broad SMARTS) is 2. The number of aromatic nitrogens is 2. The van der Waals surface area contributed by atoms with Gasteiger partial charge in [0.1, 0.15) is 0 Å². The van der Waals surface area contributed by atoms with Crippen LogP contribution in [0, 0.1) is 0 Å². The Morgan fingerprint density at radius 1 is 1.04 bits per heavy atom. The van der Waals surface area contributed by atoms with Crippen molar-refractivity contribution in [1.82, 2.24) is 14.9 Å². The molecule has 0 atom stereocenters. The van der Waals surface area contributed by atoms with Gasteiger partial charge in [-0.1, -0.05) is 26.2 Å². The lowest BCUT2D eigenvalue weighted by Crippen LogP contribution is -2.42. The van der Waals surface area contributed by atoms with Gasteiger partial charge in [0.2, 0.25) is 0 Å². The Morgan fingerprint density at radius 2 is 1.68 bits per heavy atom. The topological polar surface area (TPSA) is 107 Å². The molecule has 0 radical (unpaired) electrons. The minimum Gasteiger partial charge on any atom is -0.481 e. The van der Waals surface area contributed by atoms with Crippen LogP contribution in [0.5, 0.6) is 0 Å². The Labute approximate surface area is 147 Å². The van der Waals surface area contributed by atoms with E-state index in [0.717, 1.165) is 18.7 Å². The van der Waals surface area contributed by atoms with Crippen LogP contribution in [0.3, 0.4) is 0 Å². The highest BCUT2D eigenvalue weighted by Gasteiger charge is 2.25. The molecule has 0 saturated carbocycles. The smallest absolute Gasteiger partial charge is 0.309 e. The Hall–Kier alpha value is -2.22. The maximum atomic E-state index is 11.1. The summed E-state index contributed by atoms with van der Waals surface area (Å²) >= 11 is 0. The summed E-state index contributed by atoms with van der Waals surface area (Å²) < 4.78 is 0. The van der Waals surface area contributed by atoms with Gasteiger partial charge >= 0.3 is 11.9 Å². The first-order valence-corrected chi connectivity index (χ1v) is 8.66. The molecule has 1 aliphatic heterocycles. The van der Waals surface area contributed by atoms with Gasteiger partial charge in [-0.05, 0) is 6.42 Å². The van der Waals surface area contributed by atoms with Crippen LogP contribution in [0.4, 0.5) is 5.82 Å². The maximum Gasteiger partial charge on any atom is 0.309 e. The van der Waals surface area contributed by atoms with Crippen molar-refractivity contribution in [2.45, 2.75) is 52.0 Å². The van der Waals surface area contributed by atoms with E-state index in [4.69, 9.17) is 10.2 Å². The predicted octanol–water partition coefficient (Wildman–Crippen LogP) is 1.52. The van der Waals surface area contributed by atoms with Crippen LogP contribution in [0.1, 0.15) is 49.7 Å². The second kappa shape index (κ2) is 8.75. The van der Waals surface area contributed by atoms with Crippen molar-refractivity contribution in [2.75, 3.05) is 25.2 Å². The molecule has 0 aliphatic carbocycles. The van der Waals surface area contributed by atoms with Crippen LogP contribution in [-0.4, -0.2) is 57.3 Å². The van der Waals surface area contributed by atoms with Gasteiger partial charge in [-0.3, -0.25) is 19.5 Å². The average molecular weight is 350 g/mol. The fourth-order valence-corrected chi connectivity index (χ4v) is 3.06. The zero-order chi connectivity index (χ0) is 18.4. The van der Waals surface area contributed by atoms with Crippen LogP contribution in [0.2, 0.25) is 0 Å². The highest BCUT2D eigenvalue weighted by molar-refractivity contribution is 5.73. The van der Waals surface area contributed by atoms with Crippen LogP contribution in [0.15, 0.2) is 0 Å². The molecule has 2 rings (SSSR count). The quantitative estimate of drug-likeness (QED) is 0.646. The van der Waals surface area contributed by atoms with Crippen molar-refractivity contribution in [3.8, 4) is 0 Å². The fraction of sp³-hybridized carbons (Fsp3) is 0.647. The molecule has 0 spiro atoms. The van der Waals surface area contributed by atoms with Crippen molar-refractivity contribution in [2.24, 2.45) is 0 Å². The Bertz CT molecular complexity index is 635. The molecule has 0 unspecified atom stereocenters. The maximum absolute atomic E-state index is 11.1. The predicted molar refractivity (Wildman–Crippen MR) is 92.5 cm³/mol. The van der Waals surface area contributed by atoms with Gasteiger partial charge in [0.15, 0.2) is 5.82 Å². The summed E-state index contributed by atoms with van der Waals surface area (Å²) in [7, 11) is 1.90. The van der Waals surface area contributed by atoms with Crippen molar-refractivity contribution in [3.63, 3.8) is 0 Å². The molecule has 0 aromatic carbocycles.